The molecule has 8 heteroatoms. The number of hydrogen-bond donors (Lipinski definition) is 2. The van der Waals surface area contributed by atoms with Crippen molar-refractivity contribution in [2.75, 3.05) is 5.32 Å². The normalized spacial score (nSPS) is 9.73. The van der Waals surface area contributed by atoms with E-state index >= 15 is 0 Å². The summed E-state index contributed by atoms with van der Waals surface area (Å²) in [7, 11) is 0. The summed E-state index contributed by atoms with van der Waals surface area (Å²) < 4.78 is 0.483. The number of anilines is 1. The molecule has 0 aliphatic carbocycles. The van der Waals surface area contributed by atoms with Crippen LogP contribution in [0.2, 0.25) is 5.02 Å². The molecular formula is C7H4ClIN2O4. The van der Waals surface area contributed by atoms with Crippen molar-refractivity contribution < 1.29 is 14.8 Å². The largest absolute Gasteiger partial charge is 0.465 e. The summed E-state index contributed by atoms with van der Waals surface area (Å²) in [6.45, 7) is 0. The number of nitrogens with one attached hydrogen (secondary N) is 1. The first-order chi connectivity index (χ1) is 6.91. The fourth-order valence-electron chi connectivity index (χ4n) is 0.903. The predicted octanol–water partition coefficient (Wildman–Crippen LogP) is 2.94. The number of amides is 1. The van der Waals surface area contributed by atoms with Crippen LogP contribution in [0.25, 0.3) is 0 Å². The molecule has 0 atom stereocenters. The minimum atomic E-state index is -1.38. The second-order valence-corrected chi connectivity index (χ2v) is 4.04. The van der Waals surface area contributed by atoms with Crippen LogP contribution in [0.15, 0.2) is 12.1 Å². The van der Waals surface area contributed by atoms with E-state index in [1.54, 1.807) is 0 Å². The van der Waals surface area contributed by atoms with Crippen LogP contribution in [0.5, 0.6) is 0 Å². The molecule has 0 spiro atoms. The summed E-state index contributed by atoms with van der Waals surface area (Å²) in [5.41, 5.74) is -0.468. The molecule has 1 aromatic rings. The number of nitrogens with zero attached hydrogens (tertiary/aromatic N) is 1. The summed E-state index contributed by atoms with van der Waals surface area (Å²) in [5.74, 6) is 0. The van der Waals surface area contributed by atoms with Crippen molar-refractivity contribution in [2.24, 2.45) is 0 Å². The van der Waals surface area contributed by atoms with Crippen molar-refractivity contribution in [1.82, 2.24) is 0 Å². The Kier molecular flexibility index (Phi) is 3.69. The van der Waals surface area contributed by atoms with Gasteiger partial charge in [-0.1, -0.05) is 11.6 Å². The smallest absolute Gasteiger partial charge is 0.409 e. The van der Waals surface area contributed by atoms with Gasteiger partial charge in [0.2, 0.25) is 0 Å². The minimum absolute atomic E-state index is 0.141. The Bertz CT molecular complexity index is 437. The highest BCUT2D eigenvalue weighted by molar-refractivity contribution is 14.1. The number of benzene rings is 1. The third kappa shape index (κ3) is 2.93. The maximum atomic E-state index is 10.6. The third-order valence-electron chi connectivity index (χ3n) is 1.48. The first-order valence-electron chi connectivity index (χ1n) is 3.55. The lowest BCUT2D eigenvalue weighted by Gasteiger charge is -2.04. The maximum absolute atomic E-state index is 10.6. The van der Waals surface area contributed by atoms with Gasteiger partial charge in [-0.3, -0.25) is 15.4 Å². The van der Waals surface area contributed by atoms with Gasteiger partial charge in [-0.25, -0.2) is 4.79 Å². The van der Waals surface area contributed by atoms with Crippen molar-refractivity contribution in [2.45, 2.75) is 0 Å². The van der Waals surface area contributed by atoms with Gasteiger partial charge in [0.05, 0.1) is 9.95 Å². The van der Waals surface area contributed by atoms with Gasteiger partial charge in [0, 0.05) is 9.64 Å². The monoisotopic (exact) mass is 342 g/mol. The zero-order valence-electron chi connectivity index (χ0n) is 7.03. The van der Waals surface area contributed by atoms with E-state index in [-0.39, 0.29) is 16.4 Å². The van der Waals surface area contributed by atoms with Crippen LogP contribution in [0.1, 0.15) is 0 Å². The van der Waals surface area contributed by atoms with E-state index in [9.17, 15) is 14.9 Å². The molecule has 0 unspecified atom stereocenters. The molecule has 0 bridgehead atoms. The van der Waals surface area contributed by atoms with Gasteiger partial charge >= 0.3 is 6.09 Å². The lowest BCUT2D eigenvalue weighted by molar-refractivity contribution is -0.384. The second kappa shape index (κ2) is 4.62. The molecule has 0 aliphatic heterocycles. The van der Waals surface area contributed by atoms with Crippen molar-refractivity contribution in [1.29, 1.82) is 0 Å². The molecule has 0 fully saturated rings. The Morgan fingerprint density at radius 2 is 2.20 bits per heavy atom. The molecule has 0 saturated heterocycles. The number of rotatable bonds is 2. The first kappa shape index (κ1) is 12.0. The summed E-state index contributed by atoms with van der Waals surface area (Å²) in [5, 5.41) is 21.2. The zero-order valence-corrected chi connectivity index (χ0v) is 9.94. The molecular weight excluding hydrogens is 338 g/mol. The standard InChI is InChI=1S/C7H4ClIN2O4/c8-3-1-5(10-7(12)13)6(11(14)15)2-4(3)9/h1-2,10H,(H,12,13). The Labute approximate surface area is 103 Å². The summed E-state index contributed by atoms with van der Waals surface area (Å²) in [6.07, 6.45) is -1.38. The molecule has 2 N–H and O–H groups in total. The number of hydrogen-bond acceptors (Lipinski definition) is 3. The SMILES string of the molecule is O=C(O)Nc1cc(Cl)c(I)cc1[N+](=O)[O-]. The Hall–Kier alpha value is -1.09. The molecule has 1 rings (SSSR count). The summed E-state index contributed by atoms with van der Waals surface area (Å²) in [6, 6.07) is 2.41. The first-order valence-corrected chi connectivity index (χ1v) is 5.01. The van der Waals surface area contributed by atoms with Crippen LogP contribution >= 0.6 is 34.2 Å². The van der Waals surface area contributed by atoms with Crippen LogP contribution in [-0.2, 0) is 0 Å². The number of halogens is 2. The minimum Gasteiger partial charge on any atom is -0.465 e. The molecule has 0 aromatic heterocycles. The predicted molar refractivity (Wildman–Crippen MR) is 62.5 cm³/mol. The van der Waals surface area contributed by atoms with E-state index in [0.717, 1.165) is 0 Å². The Morgan fingerprint density at radius 1 is 1.60 bits per heavy atom. The molecule has 15 heavy (non-hydrogen) atoms. The zero-order chi connectivity index (χ0) is 11.6. The van der Waals surface area contributed by atoms with Crippen LogP contribution < -0.4 is 5.32 Å². The van der Waals surface area contributed by atoms with E-state index in [1.807, 2.05) is 27.9 Å². The highest BCUT2D eigenvalue weighted by Crippen LogP contribution is 2.31. The van der Waals surface area contributed by atoms with Gasteiger partial charge in [-0.15, -0.1) is 0 Å². The van der Waals surface area contributed by atoms with Crippen molar-refractivity contribution >= 4 is 51.7 Å². The van der Waals surface area contributed by atoms with Crippen LogP contribution in [0.3, 0.4) is 0 Å². The van der Waals surface area contributed by atoms with Crippen molar-refractivity contribution in [3.63, 3.8) is 0 Å². The van der Waals surface area contributed by atoms with Crippen molar-refractivity contribution in [3.8, 4) is 0 Å². The van der Waals surface area contributed by atoms with E-state index in [2.05, 4.69) is 0 Å². The average molecular weight is 342 g/mol. The Morgan fingerprint density at radius 3 is 2.67 bits per heavy atom. The molecule has 80 valence electrons. The van der Waals surface area contributed by atoms with Crippen LogP contribution in [-0.4, -0.2) is 16.1 Å². The molecule has 6 nitrogen and oxygen atoms in total. The molecule has 0 aliphatic rings. The quantitative estimate of drug-likeness (QED) is 0.491. The maximum Gasteiger partial charge on any atom is 0.409 e. The van der Waals surface area contributed by atoms with Gasteiger partial charge < -0.3 is 5.11 Å². The van der Waals surface area contributed by atoms with Gasteiger partial charge in [0.15, 0.2) is 0 Å². The van der Waals surface area contributed by atoms with E-state index in [1.165, 1.54) is 12.1 Å². The number of carbonyl (C=O) groups is 1. The number of carboxylic acid groups (broad SMARTS) is 1. The molecule has 1 aromatic carbocycles. The van der Waals surface area contributed by atoms with Gasteiger partial charge in [-0.2, -0.15) is 0 Å². The second-order valence-electron chi connectivity index (χ2n) is 2.47. The van der Waals surface area contributed by atoms with Gasteiger partial charge in [0.1, 0.15) is 5.69 Å². The summed E-state index contributed by atoms with van der Waals surface area (Å²) in [4.78, 5) is 20.3. The Balaban J connectivity index is 3.28. The van der Waals surface area contributed by atoms with E-state index in [4.69, 9.17) is 16.7 Å². The lowest BCUT2D eigenvalue weighted by atomic mass is 10.2. The van der Waals surface area contributed by atoms with Gasteiger partial charge in [0.25, 0.3) is 5.69 Å². The molecule has 0 heterocycles. The van der Waals surface area contributed by atoms with Gasteiger partial charge in [-0.05, 0) is 28.7 Å². The van der Waals surface area contributed by atoms with Crippen LogP contribution in [0.4, 0.5) is 16.2 Å². The molecule has 0 radical (unpaired) electrons. The van der Waals surface area contributed by atoms with Crippen molar-refractivity contribution in [3.05, 3.63) is 30.8 Å². The highest BCUT2D eigenvalue weighted by Gasteiger charge is 2.18. The fraction of sp³-hybridized carbons (Fsp3) is 0. The average Bonchev–Trinajstić information content (AvgIpc) is 2.09. The summed E-state index contributed by atoms with van der Waals surface area (Å²) >= 11 is 7.53. The number of nitro groups is 1. The highest BCUT2D eigenvalue weighted by atomic mass is 127. The van der Waals surface area contributed by atoms with Crippen LogP contribution in [0, 0.1) is 13.7 Å². The van der Waals surface area contributed by atoms with E-state index in [0.29, 0.717) is 3.57 Å². The van der Waals surface area contributed by atoms with E-state index < -0.39 is 11.0 Å². The lowest BCUT2D eigenvalue weighted by Crippen LogP contribution is -2.09. The molecule has 0 saturated carbocycles. The third-order valence-corrected chi connectivity index (χ3v) is 3.00. The topological polar surface area (TPSA) is 92.5 Å². The number of nitro benzene ring substituents is 1. The fourth-order valence-corrected chi connectivity index (χ4v) is 1.52. The molecule has 1 amide bonds.